The van der Waals surface area contributed by atoms with Gasteiger partial charge in [-0.05, 0) is 78.8 Å². The Morgan fingerprint density at radius 2 is 1.06 bits per heavy atom. The number of nitrogens with zero attached hydrogens (tertiary/aromatic N) is 5. The lowest BCUT2D eigenvalue weighted by molar-refractivity contribution is 0.755. The van der Waals surface area contributed by atoms with Gasteiger partial charge in [-0.3, -0.25) is 0 Å². The van der Waals surface area contributed by atoms with Crippen LogP contribution >= 0.6 is 0 Å². The van der Waals surface area contributed by atoms with E-state index in [9.17, 15) is 0 Å². The van der Waals surface area contributed by atoms with Crippen LogP contribution in [0, 0.1) is 0 Å². The van der Waals surface area contributed by atoms with Crippen molar-refractivity contribution in [2.45, 2.75) is 32.1 Å². The van der Waals surface area contributed by atoms with Crippen LogP contribution in [0.1, 0.15) is 48.2 Å². The van der Waals surface area contributed by atoms with E-state index in [2.05, 4.69) is 131 Å². The largest absolute Gasteiger partial charge is 0.310 e. The summed E-state index contributed by atoms with van der Waals surface area (Å²) in [5.41, 5.74) is 12.8. The molecule has 5 nitrogen and oxygen atoms in total. The van der Waals surface area contributed by atoms with Crippen LogP contribution in [-0.4, -0.2) is 24.1 Å². The van der Waals surface area contributed by atoms with Crippen molar-refractivity contribution in [3.8, 4) is 45.5 Å². The number of para-hydroxylation sites is 2. The van der Waals surface area contributed by atoms with Crippen molar-refractivity contribution < 1.29 is 0 Å². The van der Waals surface area contributed by atoms with E-state index in [0.717, 1.165) is 58.4 Å². The minimum Gasteiger partial charge on any atom is -0.310 e. The number of allylic oxidation sites excluding steroid dienone is 2. The van der Waals surface area contributed by atoms with Gasteiger partial charge in [0.1, 0.15) is 0 Å². The molecule has 51 heavy (non-hydrogen) atoms. The van der Waals surface area contributed by atoms with Crippen LogP contribution in [-0.2, 0) is 6.42 Å². The van der Waals surface area contributed by atoms with Crippen LogP contribution in [0.2, 0.25) is 0 Å². The van der Waals surface area contributed by atoms with Gasteiger partial charge in [-0.25, -0.2) is 15.0 Å². The molecule has 0 radical (unpaired) electrons. The summed E-state index contributed by atoms with van der Waals surface area (Å²) in [5, 5.41) is 2.46. The van der Waals surface area contributed by atoms with Gasteiger partial charge in [-0.2, -0.15) is 0 Å². The molecule has 0 amide bonds. The molecule has 0 aliphatic heterocycles. The normalized spacial score (nSPS) is 15.0. The van der Waals surface area contributed by atoms with E-state index >= 15 is 0 Å². The average molecular weight is 658 g/mol. The van der Waals surface area contributed by atoms with Gasteiger partial charge in [0.2, 0.25) is 0 Å². The quantitative estimate of drug-likeness (QED) is 0.185. The summed E-state index contributed by atoms with van der Waals surface area (Å²) in [6, 6.07) is 44.7. The summed E-state index contributed by atoms with van der Waals surface area (Å²) in [6.07, 6.45) is 12.5. The van der Waals surface area contributed by atoms with Gasteiger partial charge in [0.25, 0.3) is 0 Å². The van der Waals surface area contributed by atoms with Crippen LogP contribution in [0.5, 0.6) is 0 Å². The molecule has 2 aliphatic rings. The Labute approximate surface area is 296 Å². The van der Waals surface area contributed by atoms with E-state index < -0.39 is 0 Å². The molecule has 1 unspecified atom stereocenters. The maximum Gasteiger partial charge on any atom is 0.164 e. The third-order valence-electron chi connectivity index (χ3n) is 10.4. The number of rotatable bonds is 5. The molecule has 0 bridgehead atoms. The first kappa shape index (κ1) is 29.6. The average Bonchev–Trinajstić information content (AvgIpc) is 3.72. The van der Waals surface area contributed by atoms with Crippen molar-refractivity contribution in [2.75, 3.05) is 0 Å². The molecule has 0 saturated heterocycles. The first-order valence-corrected chi connectivity index (χ1v) is 17.8. The summed E-state index contributed by atoms with van der Waals surface area (Å²) < 4.78 is 4.87. The maximum absolute atomic E-state index is 5.19. The molecule has 0 fully saturated rings. The van der Waals surface area contributed by atoms with Crippen LogP contribution in [0.4, 0.5) is 0 Å². The van der Waals surface area contributed by atoms with Gasteiger partial charge in [0.05, 0.1) is 11.0 Å². The highest BCUT2D eigenvalue weighted by Gasteiger charge is 2.28. The predicted molar refractivity (Wildman–Crippen MR) is 209 cm³/mol. The summed E-state index contributed by atoms with van der Waals surface area (Å²) in [4.78, 5) is 15.4. The second-order valence-electron chi connectivity index (χ2n) is 13.6. The smallest absolute Gasteiger partial charge is 0.164 e. The molecule has 3 heterocycles. The Morgan fingerprint density at radius 3 is 1.69 bits per heavy atom. The van der Waals surface area contributed by atoms with E-state index in [1.807, 2.05) is 36.4 Å². The maximum atomic E-state index is 5.19. The summed E-state index contributed by atoms with van der Waals surface area (Å²) in [5.74, 6) is 2.41. The standard InChI is InChI=1S/C46H35N5/c1-30-15-14-26-42-43(30)38-22-10-13-25-41(38)51(42)35-28-33(27-34(29-35)50-39-23-11-8-20-36(39)37-21-9-12-24-40(37)50)46-48-44(31-16-4-2-5-17-31)47-45(49-46)32-18-6-3-7-19-32/h2-9,11-14,16-21,23-30H,10,15,22H2,1H3. The molecular weight excluding hydrogens is 623 g/mol. The lowest BCUT2D eigenvalue weighted by Crippen LogP contribution is -2.06. The Kier molecular flexibility index (Phi) is 6.91. The summed E-state index contributed by atoms with van der Waals surface area (Å²) in [7, 11) is 0. The molecule has 3 aromatic heterocycles. The van der Waals surface area contributed by atoms with Crippen molar-refractivity contribution in [3.05, 3.63) is 162 Å². The summed E-state index contributed by atoms with van der Waals surface area (Å²) >= 11 is 0. The van der Waals surface area contributed by atoms with E-state index in [-0.39, 0.29) is 0 Å². The zero-order chi connectivity index (χ0) is 33.9. The van der Waals surface area contributed by atoms with Crippen LogP contribution < -0.4 is 0 Å². The third-order valence-corrected chi connectivity index (χ3v) is 10.4. The van der Waals surface area contributed by atoms with Crippen molar-refractivity contribution in [1.29, 1.82) is 0 Å². The lowest BCUT2D eigenvalue weighted by Gasteiger charge is -2.19. The van der Waals surface area contributed by atoms with Gasteiger partial charge < -0.3 is 9.13 Å². The van der Waals surface area contributed by atoms with Gasteiger partial charge in [0, 0.05) is 50.2 Å². The minimum absolute atomic E-state index is 0.469. The highest BCUT2D eigenvalue weighted by Crippen LogP contribution is 2.42. The molecule has 0 saturated carbocycles. The van der Waals surface area contributed by atoms with Crippen molar-refractivity contribution in [3.63, 3.8) is 0 Å². The topological polar surface area (TPSA) is 48.5 Å². The highest BCUT2D eigenvalue weighted by molar-refractivity contribution is 6.09. The Bertz CT molecular complexity index is 2570. The van der Waals surface area contributed by atoms with Crippen molar-refractivity contribution in [2.24, 2.45) is 0 Å². The van der Waals surface area contributed by atoms with Crippen LogP contribution in [0.15, 0.2) is 140 Å². The van der Waals surface area contributed by atoms with Gasteiger partial charge in [0.15, 0.2) is 17.5 Å². The van der Waals surface area contributed by atoms with E-state index in [0.29, 0.717) is 23.4 Å². The van der Waals surface area contributed by atoms with E-state index in [4.69, 9.17) is 15.0 Å². The third kappa shape index (κ3) is 4.88. The molecule has 5 heteroatoms. The second-order valence-corrected chi connectivity index (χ2v) is 13.6. The molecule has 1 atom stereocenters. The number of fused-ring (bicyclic) bond motifs is 6. The molecule has 2 aliphatic carbocycles. The SMILES string of the molecule is CC1CC=Cc2c1c1c(n2-c2cc(-c3nc(-c4ccccc4)nc(-c4ccccc4)n3)cc(-n3c4ccccc4c4ccccc43)c2)C=CCC1. The Balaban J connectivity index is 1.29. The molecule has 10 rings (SSSR count). The van der Waals surface area contributed by atoms with Crippen molar-refractivity contribution >= 4 is 34.0 Å². The number of benzene rings is 5. The van der Waals surface area contributed by atoms with Gasteiger partial charge >= 0.3 is 0 Å². The fourth-order valence-corrected chi connectivity index (χ4v) is 8.15. The second kappa shape index (κ2) is 11.9. The van der Waals surface area contributed by atoms with Crippen LogP contribution in [0.25, 0.3) is 79.5 Å². The molecule has 0 N–H and O–H groups in total. The number of hydrogen-bond donors (Lipinski definition) is 0. The Morgan fingerprint density at radius 1 is 0.529 bits per heavy atom. The van der Waals surface area contributed by atoms with Crippen molar-refractivity contribution in [1.82, 2.24) is 24.1 Å². The van der Waals surface area contributed by atoms with E-state index in [1.54, 1.807) is 0 Å². The Hall–Kier alpha value is -6.33. The number of hydrogen-bond acceptors (Lipinski definition) is 3. The van der Waals surface area contributed by atoms with E-state index in [1.165, 1.54) is 33.3 Å². The van der Waals surface area contributed by atoms with Gasteiger partial charge in [-0.1, -0.05) is 116 Å². The summed E-state index contributed by atoms with van der Waals surface area (Å²) in [6.45, 7) is 2.37. The lowest BCUT2D eigenvalue weighted by atomic mass is 9.87. The highest BCUT2D eigenvalue weighted by atomic mass is 15.1. The molecule has 244 valence electrons. The van der Waals surface area contributed by atoms with Crippen LogP contribution in [0.3, 0.4) is 0 Å². The minimum atomic E-state index is 0.469. The molecule has 0 spiro atoms. The predicted octanol–water partition coefficient (Wildman–Crippen LogP) is 11.2. The zero-order valence-electron chi connectivity index (χ0n) is 28.4. The number of aromatic nitrogens is 5. The fourth-order valence-electron chi connectivity index (χ4n) is 8.15. The first-order chi connectivity index (χ1) is 25.2. The monoisotopic (exact) mass is 657 g/mol. The molecule has 8 aromatic rings. The molecular formula is C46H35N5. The fraction of sp³-hybridized carbons (Fsp3) is 0.109. The zero-order valence-corrected chi connectivity index (χ0v) is 28.4. The molecule has 5 aromatic carbocycles. The first-order valence-electron chi connectivity index (χ1n) is 17.8. The van der Waals surface area contributed by atoms with Gasteiger partial charge in [-0.15, -0.1) is 0 Å².